The number of aryl methyl sites for hydroxylation is 1. The smallest absolute Gasteiger partial charge is 0.348 e. The van der Waals surface area contributed by atoms with Crippen LogP contribution in [-0.2, 0) is 19.5 Å². The lowest BCUT2D eigenvalue weighted by molar-refractivity contribution is 0.0531. The second kappa shape index (κ2) is 9.21. The van der Waals surface area contributed by atoms with E-state index in [1.54, 1.807) is 19.9 Å². The average Bonchev–Trinajstić information content (AvgIpc) is 3.09. The van der Waals surface area contributed by atoms with E-state index in [-0.39, 0.29) is 37.8 Å². The van der Waals surface area contributed by atoms with E-state index in [4.69, 9.17) is 9.47 Å². The van der Waals surface area contributed by atoms with Gasteiger partial charge in [0.2, 0.25) is 10.0 Å². The van der Waals surface area contributed by atoms with Gasteiger partial charge in [0.05, 0.1) is 35.3 Å². The number of thiophene rings is 1. The van der Waals surface area contributed by atoms with Gasteiger partial charge in [-0.15, -0.1) is 11.3 Å². The largest absolute Gasteiger partial charge is 0.462 e. The Kier molecular flexibility index (Phi) is 6.86. The van der Waals surface area contributed by atoms with Crippen molar-refractivity contribution in [2.24, 2.45) is 0 Å². The summed E-state index contributed by atoms with van der Waals surface area (Å²) in [4.78, 5) is 24.7. The van der Waals surface area contributed by atoms with Crippen LogP contribution in [0.1, 0.15) is 32.5 Å². The molecule has 2 heterocycles. The zero-order valence-electron chi connectivity index (χ0n) is 16.4. The molecule has 0 atom stereocenters. The number of rotatable bonds is 6. The lowest BCUT2D eigenvalue weighted by atomic mass is 10.2. The van der Waals surface area contributed by atoms with E-state index in [1.807, 2.05) is 0 Å². The number of hydrogen-bond donors (Lipinski definition) is 1. The molecule has 1 aromatic heterocycles. The number of hydrogen-bond acceptors (Lipinski definition) is 7. The molecule has 2 aromatic rings. The molecule has 1 aliphatic rings. The summed E-state index contributed by atoms with van der Waals surface area (Å²) in [5.41, 5.74) is 0.200. The van der Waals surface area contributed by atoms with Crippen molar-refractivity contribution in [3.05, 3.63) is 46.1 Å². The number of carbonyl (C=O) groups excluding carboxylic acids is 2. The molecule has 11 heteroatoms. The Bertz CT molecular complexity index is 1060. The topological polar surface area (TPSA) is 102 Å². The molecule has 0 unspecified atom stereocenters. The molecule has 0 spiro atoms. The molecule has 1 saturated heterocycles. The van der Waals surface area contributed by atoms with Gasteiger partial charge in [0.1, 0.15) is 10.7 Å². The van der Waals surface area contributed by atoms with E-state index in [0.717, 1.165) is 29.5 Å². The standard InChI is InChI=1S/C19H21FN2O6S2/c1-3-28-19(24)17-12(2)10-16(29-17)21-18(23)14-11-13(4-5-15(14)20)30(25,26)22-6-8-27-9-7-22/h4-5,10-11H,3,6-9H2,1-2H3,(H,21,23). The Morgan fingerprint density at radius 1 is 1.27 bits per heavy atom. The number of anilines is 1. The summed E-state index contributed by atoms with van der Waals surface area (Å²) >= 11 is 1.000. The highest BCUT2D eigenvalue weighted by atomic mass is 32.2. The van der Waals surface area contributed by atoms with Crippen molar-refractivity contribution in [1.82, 2.24) is 4.31 Å². The number of morpholine rings is 1. The Morgan fingerprint density at radius 2 is 1.97 bits per heavy atom. The van der Waals surface area contributed by atoms with Gasteiger partial charge >= 0.3 is 5.97 Å². The maximum atomic E-state index is 14.3. The predicted molar refractivity (Wildman–Crippen MR) is 109 cm³/mol. The zero-order chi connectivity index (χ0) is 21.9. The Balaban J connectivity index is 1.84. The van der Waals surface area contributed by atoms with Gasteiger partial charge in [0, 0.05) is 13.1 Å². The third-order valence-corrected chi connectivity index (χ3v) is 7.43. The minimum atomic E-state index is -3.88. The molecule has 8 nitrogen and oxygen atoms in total. The molecule has 30 heavy (non-hydrogen) atoms. The predicted octanol–water partition coefficient (Wildman–Crippen LogP) is 2.65. The van der Waals surface area contributed by atoms with Gasteiger partial charge in [-0.25, -0.2) is 17.6 Å². The van der Waals surface area contributed by atoms with Gasteiger partial charge in [-0.2, -0.15) is 4.31 Å². The summed E-state index contributed by atoms with van der Waals surface area (Å²) in [5, 5.41) is 2.84. The fourth-order valence-corrected chi connectivity index (χ4v) is 5.29. The van der Waals surface area contributed by atoms with Crippen molar-refractivity contribution in [2.45, 2.75) is 18.7 Å². The van der Waals surface area contributed by atoms with Crippen molar-refractivity contribution in [3.63, 3.8) is 0 Å². The molecule has 1 N–H and O–H groups in total. The fraction of sp³-hybridized carbons (Fsp3) is 0.368. The van der Waals surface area contributed by atoms with Gasteiger partial charge in [-0.05, 0) is 43.7 Å². The van der Waals surface area contributed by atoms with Crippen LogP contribution in [0.15, 0.2) is 29.2 Å². The Labute approximate surface area is 177 Å². The first-order chi connectivity index (χ1) is 14.2. The molecular formula is C19H21FN2O6S2. The molecule has 0 radical (unpaired) electrons. The van der Waals surface area contributed by atoms with Gasteiger partial charge < -0.3 is 14.8 Å². The lowest BCUT2D eigenvalue weighted by Crippen LogP contribution is -2.40. The van der Waals surface area contributed by atoms with Gasteiger partial charge in [0.25, 0.3) is 5.91 Å². The molecule has 3 rings (SSSR count). The third kappa shape index (κ3) is 4.69. The number of nitrogens with zero attached hydrogens (tertiary/aromatic N) is 1. The van der Waals surface area contributed by atoms with Crippen LogP contribution in [0.5, 0.6) is 0 Å². The van der Waals surface area contributed by atoms with Crippen LogP contribution in [0.2, 0.25) is 0 Å². The van der Waals surface area contributed by atoms with Crippen molar-refractivity contribution < 1.29 is 31.9 Å². The monoisotopic (exact) mass is 456 g/mol. The summed E-state index contributed by atoms with van der Waals surface area (Å²) in [6.07, 6.45) is 0. The molecule has 1 aromatic carbocycles. The maximum absolute atomic E-state index is 14.3. The van der Waals surface area contributed by atoms with Crippen molar-refractivity contribution in [1.29, 1.82) is 0 Å². The van der Waals surface area contributed by atoms with Crippen LogP contribution in [-0.4, -0.2) is 57.5 Å². The van der Waals surface area contributed by atoms with Crippen molar-refractivity contribution in [2.75, 3.05) is 38.2 Å². The SMILES string of the molecule is CCOC(=O)c1sc(NC(=O)c2cc(S(=O)(=O)N3CCOCC3)ccc2F)cc1C. The zero-order valence-corrected chi connectivity index (χ0v) is 18.1. The minimum Gasteiger partial charge on any atom is -0.462 e. The lowest BCUT2D eigenvalue weighted by Gasteiger charge is -2.26. The number of carbonyl (C=O) groups is 2. The molecular weight excluding hydrogens is 435 g/mol. The normalized spacial score (nSPS) is 15.0. The molecule has 1 fully saturated rings. The van der Waals surface area contributed by atoms with Crippen LogP contribution in [0.4, 0.5) is 9.39 Å². The fourth-order valence-electron chi connectivity index (χ4n) is 2.90. The molecule has 1 aliphatic heterocycles. The van der Waals surface area contributed by atoms with Crippen LogP contribution >= 0.6 is 11.3 Å². The number of benzene rings is 1. The summed E-state index contributed by atoms with van der Waals surface area (Å²) in [7, 11) is -3.88. The third-order valence-electron chi connectivity index (χ3n) is 4.41. The van der Waals surface area contributed by atoms with E-state index >= 15 is 0 Å². The Hall–Kier alpha value is -2.34. The number of amides is 1. The average molecular weight is 457 g/mol. The van der Waals surface area contributed by atoms with E-state index in [1.165, 1.54) is 4.31 Å². The highest BCUT2D eigenvalue weighted by Crippen LogP contribution is 2.28. The molecule has 0 aliphatic carbocycles. The molecule has 1 amide bonds. The highest BCUT2D eigenvalue weighted by molar-refractivity contribution is 7.89. The maximum Gasteiger partial charge on any atom is 0.348 e. The minimum absolute atomic E-state index is 0.175. The van der Waals surface area contributed by atoms with Gasteiger partial charge in [-0.3, -0.25) is 4.79 Å². The van der Waals surface area contributed by atoms with Crippen LogP contribution in [0.3, 0.4) is 0 Å². The van der Waals surface area contributed by atoms with E-state index in [2.05, 4.69) is 5.32 Å². The first kappa shape index (κ1) is 22.3. The second-order valence-electron chi connectivity index (χ2n) is 6.46. The van der Waals surface area contributed by atoms with Crippen LogP contribution in [0.25, 0.3) is 0 Å². The van der Waals surface area contributed by atoms with Crippen molar-refractivity contribution in [3.8, 4) is 0 Å². The quantitative estimate of drug-likeness (QED) is 0.671. The first-order valence-electron chi connectivity index (χ1n) is 9.20. The van der Waals surface area contributed by atoms with Gasteiger partial charge in [0.15, 0.2) is 0 Å². The molecule has 0 bridgehead atoms. The number of esters is 1. The number of sulfonamides is 1. The Morgan fingerprint density at radius 3 is 2.63 bits per heavy atom. The van der Waals surface area contributed by atoms with Crippen LogP contribution in [0, 0.1) is 12.7 Å². The highest BCUT2D eigenvalue weighted by Gasteiger charge is 2.28. The molecule has 162 valence electrons. The molecule has 0 saturated carbocycles. The van der Waals surface area contributed by atoms with Crippen LogP contribution < -0.4 is 5.32 Å². The summed E-state index contributed by atoms with van der Waals surface area (Å²) in [6, 6.07) is 4.67. The first-order valence-corrected chi connectivity index (χ1v) is 11.5. The second-order valence-corrected chi connectivity index (χ2v) is 9.45. The van der Waals surface area contributed by atoms with E-state index in [9.17, 15) is 22.4 Å². The van der Waals surface area contributed by atoms with E-state index in [0.29, 0.717) is 15.4 Å². The summed E-state index contributed by atoms with van der Waals surface area (Å²) in [6.45, 7) is 4.51. The number of ether oxygens (including phenoxy) is 2. The van der Waals surface area contributed by atoms with Crippen molar-refractivity contribution >= 4 is 38.2 Å². The summed E-state index contributed by atoms with van der Waals surface area (Å²) in [5.74, 6) is -2.18. The summed E-state index contributed by atoms with van der Waals surface area (Å²) < 4.78 is 51.2. The van der Waals surface area contributed by atoms with Gasteiger partial charge in [-0.1, -0.05) is 0 Å². The number of nitrogens with one attached hydrogen (secondary N) is 1. The van der Waals surface area contributed by atoms with E-state index < -0.39 is 33.3 Å². The number of halogens is 1.